The predicted octanol–water partition coefficient (Wildman–Crippen LogP) is 1.34. The van der Waals surface area contributed by atoms with Crippen molar-refractivity contribution in [3.05, 3.63) is 23.7 Å². The van der Waals surface area contributed by atoms with E-state index >= 15 is 0 Å². The van der Waals surface area contributed by atoms with Gasteiger partial charge in [0.1, 0.15) is 6.29 Å². The zero-order valence-corrected chi connectivity index (χ0v) is 8.06. The maximum absolute atomic E-state index is 10.6. The number of ether oxygens (including phenoxy) is 1. The molecule has 0 aromatic heterocycles. The molecule has 0 fully saturated rings. The van der Waals surface area contributed by atoms with Gasteiger partial charge in [0.25, 0.3) is 0 Å². The smallest absolute Gasteiger partial charge is 0.308 e. The third kappa shape index (κ3) is 2.22. The topological polar surface area (TPSA) is 63.6 Å². The first-order valence-corrected chi connectivity index (χ1v) is 4.31. The molecule has 0 saturated heterocycles. The van der Waals surface area contributed by atoms with Gasteiger partial charge in [-0.15, -0.1) is 0 Å². The Bertz CT molecular complexity index is 314. The molecule has 14 heavy (non-hydrogen) atoms. The van der Waals surface area contributed by atoms with E-state index in [9.17, 15) is 14.7 Å². The van der Waals surface area contributed by atoms with E-state index in [0.29, 0.717) is 0 Å². The summed E-state index contributed by atoms with van der Waals surface area (Å²) in [5, 5.41) is 9.40. The summed E-state index contributed by atoms with van der Waals surface area (Å²) in [7, 11) is 0. The minimum absolute atomic E-state index is 0.0627. The molecular weight excluding hydrogens is 184 g/mol. The Morgan fingerprint density at radius 3 is 2.71 bits per heavy atom. The van der Waals surface area contributed by atoms with Crippen molar-refractivity contribution in [1.82, 2.24) is 0 Å². The average molecular weight is 196 g/mol. The van der Waals surface area contributed by atoms with Crippen LogP contribution in [0.25, 0.3) is 0 Å². The summed E-state index contributed by atoms with van der Waals surface area (Å²) in [6.07, 6.45) is 3.71. The van der Waals surface area contributed by atoms with Gasteiger partial charge >= 0.3 is 5.97 Å². The first-order chi connectivity index (χ1) is 6.54. The largest absolute Gasteiger partial charge is 0.504 e. The van der Waals surface area contributed by atoms with Crippen molar-refractivity contribution in [2.45, 2.75) is 13.8 Å². The molecule has 4 heteroatoms. The summed E-state index contributed by atoms with van der Waals surface area (Å²) < 4.78 is 4.73. The Balaban J connectivity index is 2.88. The lowest BCUT2D eigenvalue weighted by atomic mass is 9.90. The van der Waals surface area contributed by atoms with Crippen LogP contribution in [0.2, 0.25) is 0 Å². The highest BCUT2D eigenvalue weighted by molar-refractivity contribution is 5.68. The molecule has 4 nitrogen and oxygen atoms in total. The number of rotatable bonds is 2. The van der Waals surface area contributed by atoms with Gasteiger partial charge in [-0.05, 0) is 18.1 Å². The molecule has 0 bridgehead atoms. The van der Waals surface area contributed by atoms with Crippen molar-refractivity contribution in [2.24, 2.45) is 11.8 Å². The van der Waals surface area contributed by atoms with Gasteiger partial charge in [0, 0.05) is 12.8 Å². The highest BCUT2D eigenvalue weighted by Crippen LogP contribution is 2.25. The number of esters is 1. The monoisotopic (exact) mass is 196 g/mol. The van der Waals surface area contributed by atoms with Gasteiger partial charge in [-0.3, -0.25) is 4.79 Å². The van der Waals surface area contributed by atoms with Gasteiger partial charge in [0.15, 0.2) is 11.5 Å². The SMILES string of the molecule is CC(=O)OC1=CC(C=O)C(C)C=C1O. The van der Waals surface area contributed by atoms with Crippen LogP contribution in [0.3, 0.4) is 0 Å². The zero-order chi connectivity index (χ0) is 10.7. The molecule has 2 atom stereocenters. The highest BCUT2D eigenvalue weighted by atomic mass is 16.5. The van der Waals surface area contributed by atoms with E-state index in [2.05, 4.69) is 0 Å². The van der Waals surface area contributed by atoms with Crippen molar-refractivity contribution < 1.29 is 19.4 Å². The van der Waals surface area contributed by atoms with E-state index in [0.717, 1.165) is 6.29 Å². The average Bonchev–Trinajstić information content (AvgIpc) is 2.09. The maximum Gasteiger partial charge on any atom is 0.308 e. The number of aliphatic hydroxyl groups is 1. The second-order valence-electron chi connectivity index (χ2n) is 3.25. The summed E-state index contributed by atoms with van der Waals surface area (Å²) in [6, 6.07) is 0. The highest BCUT2D eigenvalue weighted by Gasteiger charge is 2.22. The Morgan fingerprint density at radius 2 is 2.21 bits per heavy atom. The van der Waals surface area contributed by atoms with Crippen LogP contribution in [0, 0.1) is 11.8 Å². The minimum Gasteiger partial charge on any atom is -0.504 e. The minimum atomic E-state index is -0.518. The van der Waals surface area contributed by atoms with Gasteiger partial charge < -0.3 is 14.6 Å². The molecule has 1 rings (SSSR count). The number of aliphatic hydroxyl groups excluding tert-OH is 1. The van der Waals surface area contributed by atoms with Crippen molar-refractivity contribution in [1.29, 1.82) is 0 Å². The second kappa shape index (κ2) is 4.09. The van der Waals surface area contributed by atoms with Crippen LogP contribution in [-0.4, -0.2) is 17.4 Å². The van der Waals surface area contributed by atoms with Crippen LogP contribution in [-0.2, 0) is 14.3 Å². The summed E-state index contributed by atoms with van der Waals surface area (Å²) in [6.45, 7) is 3.04. The van der Waals surface area contributed by atoms with E-state index < -0.39 is 5.97 Å². The van der Waals surface area contributed by atoms with Gasteiger partial charge in [-0.1, -0.05) is 6.92 Å². The Hall–Kier alpha value is -1.58. The number of hydrogen-bond acceptors (Lipinski definition) is 4. The van der Waals surface area contributed by atoms with Gasteiger partial charge in [-0.2, -0.15) is 0 Å². The summed E-state index contributed by atoms with van der Waals surface area (Å²) in [5.74, 6) is -0.971. The second-order valence-corrected chi connectivity index (χ2v) is 3.25. The molecular formula is C10H12O4. The fourth-order valence-corrected chi connectivity index (χ4v) is 1.26. The van der Waals surface area contributed by atoms with Gasteiger partial charge in [0.05, 0.1) is 0 Å². The third-order valence-electron chi connectivity index (χ3n) is 2.03. The molecule has 0 spiro atoms. The van der Waals surface area contributed by atoms with Crippen LogP contribution in [0.5, 0.6) is 0 Å². The van der Waals surface area contributed by atoms with Crippen molar-refractivity contribution in [2.75, 3.05) is 0 Å². The maximum atomic E-state index is 10.6. The summed E-state index contributed by atoms with van der Waals surface area (Å²) >= 11 is 0. The number of allylic oxidation sites excluding steroid dienone is 2. The van der Waals surface area contributed by atoms with Crippen LogP contribution in [0.1, 0.15) is 13.8 Å². The lowest BCUT2D eigenvalue weighted by Crippen LogP contribution is -2.17. The number of aldehydes is 1. The van der Waals surface area contributed by atoms with Crippen LogP contribution < -0.4 is 0 Å². The third-order valence-corrected chi connectivity index (χ3v) is 2.03. The van der Waals surface area contributed by atoms with E-state index in [-0.39, 0.29) is 23.4 Å². The molecule has 0 heterocycles. The van der Waals surface area contributed by atoms with E-state index in [4.69, 9.17) is 4.74 Å². The molecule has 1 aliphatic rings. The molecule has 0 aliphatic heterocycles. The zero-order valence-electron chi connectivity index (χ0n) is 8.06. The van der Waals surface area contributed by atoms with Crippen LogP contribution in [0.4, 0.5) is 0 Å². The number of carbonyl (C=O) groups excluding carboxylic acids is 2. The standard InChI is InChI=1S/C10H12O4/c1-6-3-9(13)10(14-7(2)12)4-8(6)5-11/h3-6,8,13H,1-2H3. The number of hydrogen-bond donors (Lipinski definition) is 1. The Morgan fingerprint density at radius 1 is 1.57 bits per heavy atom. The fourth-order valence-electron chi connectivity index (χ4n) is 1.26. The molecule has 0 radical (unpaired) electrons. The molecule has 0 aromatic carbocycles. The molecule has 0 amide bonds. The lowest BCUT2D eigenvalue weighted by Gasteiger charge is -2.19. The first-order valence-electron chi connectivity index (χ1n) is 4.31. The van der Waals surface area contributed by atoms with Gasteiger partial charge in [-0.25, -0.2) is 0 Å². The fraction of sp³-hybridized carbons (Fsp3) is 0.400. The molecule has 76 valence electrons. The molecule has 1 N–H and O–H groups in total. The normalized spacial score (nSPS) is 26.1. The quantitative estimate of drug-likeness (QED) is 0.534. The number of carbonyl (C=O) groups is 2. The molecule has 0 saturated carbocycles. The lowest BCUT2D eigenvalue weighted by molar-refractivity contribution is -0.137. The van der Waals surface area contributed by atoms with E-state index in [1.165, 1.54) is 19.1 Å². The van der Waals surface area contributed by atoms with Crippen molar-refractivity contribution in [3.8, 4) is 0 Å². The van der Waals surface area contributed by atoms with Crippen LogP contribution in [0.15, 0.2) is 23.7 Å². The van der Waals surface area contributed by atoms with E-state index in [1.54, 1.807) is 6.92 Å². The summed E-state index contributed by atoms with van der Waals surface area (Å²) in [5.41, 5.74) is 0. The van der Waals surface area contributed by atoms with Crippen molar-refractivity contribution in [3.63, 3.8) is 0 Å². The van der Waals surface area contributed by atoms with E-state index in [1.807, 2.05) is 0 Å². The Labute approximate surface area is 81.9 Å². The molecule has 2 unspecified atom stereocenters. The molecule has 0 aromatic rings. The first kappa shape index (κ1) is 10.5. The molecule has 1 aliphatic carbocycles. The predicted molar refractivity (Wildman–Crippen MR) is 49.3 cm³/mol. The van der Waals surface area contributed by atoms with Gasteiger partial charge in [0.2, 0.25) is 0 Å². The van der Waals surface area contributed by atoms with Crippen LogP contribution >= 0.6 is 0 Å². The summed E-state index contributed by atoms with van der Waals surface area (Å²) in [4.78, 5) is 21.3. The van der Waals surface area contributed by atoms with Crippen molar-refractivity contribution >= 4 is 12.3 Å². The Kier molecular flexibility index (Phi) is 3.06.